The number of benzene rings is 1. The van der Waals surface area contributed by atoms with Gasteiger partial charge in [0.15, 0.2) is 0 Å². The first-order valence-electron chi connectivity index (χ1n) is 6.44. The van der Waals surface area contributed by atoms with Crippen LogP contribution >= 0.6 is 15.9 Å². The minimum absolute atomic E-state index is 0.497. The van der Waals surface area contributed by atoms with Gasteiger partial charge in [0, 0.05) is 5.39 Å². The molecule has 0 radical (unpaired) electrons. The zero-order chi connectivity index (χ0) is 13.1. The lowest BCUT2D eigenvalue weighted by Crippen LogP contribution is -1.97. The highest BCUT2D eigenvalue weighted by molar-refractivity contribution is 9.10. The molecular formula is C15H19BrO2. The first kappa shape index (κ1) is 13.6. The molecule has 1 atom stereocenters. The lowest BCUT2D eigenvalue weighted by molar-refractivity contribution is 0.138. The highest BCUT2D eigenvalue weighted by Crippen LogP contribution is 2.31. The van der Waals surface area contributed by atoms with Crippen LogP contribution in [0.1, 0.15) is 45.0 Å². The van der Waals surface area contributed by atoms with Crippen LogP contribution in [-0.2, 0) is 0 Å². The number of hydrogen-bond acceptors (Lipinski definition) is 2. The molecule has 2 aromatic rings. The maximum absolute atomic E-state index is 10.1. The molecule has 0 spiro atoms. The van der Waals surface area contributed by atoms with Crippen molar-refractivity contribution in [3.8, 4) is 0 Å². The van der Waals surface area contributed by atoms with E-state index in [0.717, 1.165) is 34.7 Å². The zero-order valence-electron chi connectivity index (χ0n) is 10.8. The van der Waals surface area contributed by atoms with Gasteiger partial charge in [0.2, 0.25) is 0 Å². The van der Waals surface area contributed by atoms with Gasteiger partial charge in [-0.1, -0.05) is 38.8 Å². The summed E-state index contributed by atoms with van der Waals surface area (Å²) in [5, 5.41) is 11.1. The van der Waals surface area contributed by atoms with Crippen molar-refractivity contribution < 1.29 is 9.52 Å². The molecule has 0 saturated heterocycles. The molecule has 1 heterocycles. The summed E-state index contributed by atoms with van der Waals surface area (Å²) >= 11 is 3.46. The Morgan fingerprint density at radius 3 is 2.72 bits per heavy atom. The fraction of sp³-hybridized carbons (Fsp3) is 0.467. The third-order valence-corrected chi connectivity index (χ3v) is 3.73. The largest absolute Gasteiger partial charge is 0.457 e. The molecule has 2 nitrogen and oxygen atoms in total. The predicted octanol–water partition coefficient (Wildman–Crippen LogP) is 5.06. The quantitative estimate of drug-likeness (QED) is 0.837. The van der Waals surface area contributed by atoms with Gasteiger partial charge < -0.3 is 9.52 Å². The molecule has 1 N–H and O–H groups in total. The van der Waals surface area contributed by atoms with Gasteiger partial charge in [-0.3, -0.25) is 0 Å². The second-order valence-electron chi connectivity index (χ2n) is 5.15. The number of aliphatic hydroxyl groups excluding tert-OH is 1. The summed E-state index contributed by atoms with van der Waals surface area (Å²) in [5.74, 6) is 1.35. The SMILES string of the molecule is CC(C)CCCC(O)c1cc2cccc(Br)c2o1. The number of fused-ring (bicyclic) bond motifs is 1. The number of para-hydroxylation sites is 1. The molecule has 18 heavy (non-hydrogen) atoms. The van der Waals surface area contributed by atoms with Gasteiger partial charge >= 0.3 is 0 Å². The van der Waals surface area contributed by atoms with Crippen molar-refractivity contribution in [1.82, 2.24) is 0 Å². The normalized spacial score (nSPS) is 13.4. The van der Waals surface area contributed by atoms with E-state index in [4.69, 9.17) is 4.42 Å². The highest BCUT2D eigenvalue weighted by Gasteiger charge is 2.14. The number of hydrogen-bond donors (Lipinski definition) is 1. The molecule has 0 aliphatic rings. The van der Waals surface area contributed by atoms with Crippen molar-refractivity contribution >= 4 is 26.9 Å². The van der Waals surface area contributed by atoms with Crippen LogP contribution < -0.4 is 0 Å². The summed E-state index contributed by atoms with van der Waals surface area (Å²) in [7, 11) is 0. The van der Waals surface area contributed by atoms with Gasteiger partial charge in [-0.05, 0) is 40.4 Å². The summed E-state index contributed by atoms with van der Waals surface area (Å²) in [4.78, 5) is 0. The molecule has 98 valence electrons. The molecule has 1 unspecified atom stereocenters. The van der Waals surface area contributed by atoms with Gasteiger partial charge in [-0.15, -0.1) is 0 Å². The summed E-state index contributed by atoms with van der Waals surface area (Å²) in [5.41, 5.74) is 0.815. The van der Waals surface area contributed by atoms with Crippen LogP contribution in [0.5, 0.6) is 0 Å². The van der Waals surface area contributed by atoms with E-state index >= 15 is 0 Å². The average Bonchev–Trinajstić information content (AvgIpc) is 2.74. The van der Waals surface area contributed by atoms with Crippen LogP contribution in [0.3, 0.4) is 0 Å². The van der Waals surface area contributed by atoms with Crippen LogP contribution in [0.2, 0.25) is 0 Å². The summed E-state index contributed by atoms with van der Waals surface area (Å²) in [6.07, 6.45) is 2.43. The minimum Gasteiger partial charge on any atom is -0.457 e. The van der Waals surface area contributed by atoms with E-state index < -0.39 is 6.10 Å². The van der Waals surface area contributed by atoms with Gasteiger partial charge in [0.25, 0.3) is 0 Å². The first-order chi connectivity index (χ1) is 8.58. The summed E-state index contributed by atoms with van der Waals surface area (Å²) in [6, 6.07) is 7.84. The zero-order valence-corrected chi connectivity index (χ0v) is 12.4. The van der Waals surface area contributed by atoms with Crippen molar-refractivity contribution in [3.05, 3.63) is 34.5 Å². The number of halogens is 1. The molecule has 3 heteroatoms. The Kier molecular flexibility index (Phi) is 4.46. The molecule has 2 rings (SSSR count). The molecule has 0 aliphatic heterocycles. The topological polar surface area (TPSA) is 33.4 Å². The van der Waals surface area contributed by atoms with E-state index in [1.54, 1.807) is 0 Å². The van der Waals surface area contributed by atoms with Crippen molar-refractivity contribution in [1.29, 1.82) is 0 Å². The molecular weight excluding hydrogens is 292 g/mol. The molecule has 0 bridgehead atoms. The van der Waals surface area contributed by atoms with E-state index in [1.807, 2.05) is 24.3 Å². The first-order valence-corrected chi connectivity index (χ1v) is 7.23. The van der Waals surface area contributed by atoms with Gasteiger partial charge in [-0.2, -0.15) is 0 Å². The van der Waals surface area contributed by atoms with E-state index in [-0.39, 0.29) is 0 Å². The fourth-order valence-electron chi connectivity index (χ4n) is 2.07. The second-order valence-corrected chi connectivity index (χ2v) is 6.00. The Morgan fingerprint density at radius 2 is 2.06 bits per heavy atom. The maximum atomic E-state index is 10.1. The summed E-state index contributed by atoms with van der Waals surface area (Å²) in [6.45, 7) is 4.40. The van der Waals surface area contributed by atoms with Crippen LogP contribution in [0.4, 0.5) is 0 Å². The highest BCUT2D eigenvalue weighted by atomic mass is 79.9. The molecule has 1 aromatic heterocycles. The van der Waals surface area contributed by atoms with Crippen LogP contribution in [-0.4, -0.2) is 5.11 Å². The minimum atomic E-state index is -0.497. The predicted molar refractivity (Wildman–Crippen MR) is 77.6 cm³/mol. The molecule has 0 fully saturated rings. The van der Waals surface area contributed by atoms with Crippen LogP contribution in [0.25, 0.3) is 11.0 Å². The fourth-order valence-corrected chi connectivity index (χ4v) is 2.54. The Hall–Kier alpha value is -0.800. The second kappa shape index (κ2) is 5.89. The van der Waals surface area contributed by atoms with Crippen molar-refractivity contribution in [2.45, 2.75) is 39.2 Å². The standard InChI is InChI=1S/C15H19BrO2/c1-10(2)5-3-8-13(17)14-9-11-6-4-7-12(16)15(11)18-14/h4,6-7,9-10,13,17H,3,5,8H2,1-2H3. The molecule has 0 aliphatic carbocycles. The van der Waals surface area contributed by atoms with Crippen molar-refractivity contribution in [3.63, 3.8) is 0 Å². The number of rotatable bonds is 5. The lowest BCUT2D eigenvalue weighted by atomic mass is 10.0. The van der Waals surface area contributed by atoms with E-state index in [0.29, 0.717) is 11.7 Å². The van der Waals surface area contributed by atoms with Crippen LogP contribution in [0, 0.1) is 5.92 Å². The van der Waals surface area contributed by atoms with Gasteiger partial charge in [0.05, 0.1) is 4.47 Å². The third kappa shape index (κ3) is 3.15. The Bertz CT molecular complexity index is 516. The van der Waals surface area contributed by atoms with E-state index in [2.05, 4.69) is 29.8 Å². The summed E-state index contributed by atoms with van der Waals surface area (Å²) < 4.78 is 6.65. The molecule has 0 saturated carbocycles. The third-order valence-electron chi connectivity index (χ3n) is 3.10. The Labute approximate surface area is 116 Å². The Balaban J connectivity index is 2.08. The van der Waals surface area contributed by atoms with E-state index in [9.17, 15) is 5.11 Å². The maximum Gasteiger partial charge on any atom is 0.148 e. The smallest absolute Gasteiger partial charge is 0.148 e. The lowest BCUT2D eigenvalue weighted by Gasteiger charge is -2.08. The van der Waals surface area contributed by atoms with Crippen molar-refractivity contribution in [2.75, 3.05) is 0 Å². The number of furan rings is 1. The number of aliphatic hydroxyl groups is 1. The van der Waals surface area contributed by atoms with Gasteiger partial charge in [-0.25, -0.2) is 0 Å². The molecule has 0 amide bonds. The van der Waals surface area contributed by atoms with Crippen molar-refractivity contribution in [2.24, 2.45) is 5.92 Å². The van der Waals surface area contributed by atoms with Crippen LogP contribution in [0.15, 0.2) is 33.2 Å². The Morgan fingerprint density at radius 1 is 1.28 bits per heavy atom. The average molecular weight is 311 g/mol. The van der Waals surface area contributed by atoms with Gasteiger partial charge in [0.1, 0.15) is 17.4 Å². The monoisotopic (exact) mass is 310 g/mol. The molecule has 1 aromatic carbocycles. The van der Waals surface area contributed by atoms with E-state index in [1.165, 1.54) is 0 Å².